The van der Waals surface area contributed by atoms with Gasteiger partial charge in [-0.25, -0.2) is 4.39 Å². The predicted octanol–water partition coefficient (Wildman–Crippen LogP) is 2.58. The molecule has 110 valence electrons. The molecule has 0 aromatic heterocycles. The average Bonchev–Trinajstić information content (AvgIpc) is 2.43. The smallest absolute Gasteiger partial charge is 0.248 e. The van der Waals surface area contributed by atoms with Crippen LogP contribution < -0.4 is 11.5 Å². The lowest BCUT2D eigenvalue weighted by atomic mass is 10.1. The largest absolute Gasteiger partial charge is 0.398 e. The highest BCUT2D eigenvalue weighted by molar-refractivity contribution is 9.10. The third kappa shape index (κ3) is 3.68. The summed E-state index contributed by atoms with van der Waals surface area (Å²) >= 11 is 3.27. The Hall–Kier alpha value is -1.73. The number of carbonyl (C=O) groups is 1. The second-order valence-electron chi connectivity index (χ2n) is 4.34. The minimum Gasteiger partial charge on any atom is -0.398 e. The minimum absolute atomic E-state index is 0.0362. The molecular formula is C14H12BrFN2O2S. The SMILES string of the molecule is NC(=O)c1ccc(CS(=O)c2cc(Br)ccc2N)c(F)c1. The lowest BCUT2D eigenvalue weighted by molar-refractivity contribution is 0.1000. The zero-order chi connectivity index (χ0) is 15.6. The molecule has 0 aliphatic carbocycles. The van der Waals surface area contributed by atoms with Crippen LogP contribution >= 0.6 is 15.9 Å². The van der Waals surface area contributed by atoms with E-state index in [0.29, 0.717) is 10.6 Å². The first-order valence-electron chi connectivity index (χ1n) is 5.90. The van der Waals surface area contributed by atoms with Gasteiger partial charge in [-0.05, 0) is 30.3 Å². The lowest BCUT2D eigenvalue weighted by Crippen LogP contribution is -2.12. The van der Waals surface area contributed by atoms with E-state index in [-0.39, 0.29) is 16.9 Å². The summed E-state index contributed by atoms with van der Waals surface area (Å²) in [6.07, 6.45) is 0. The van der Waals surface area contributed by atoms with Crippen molar-refractivity contribution in [2.45, 2.75) is 10.6 Å². The standard InChI is InChI=1S/C14H12BrFN2O2S/c15-10-3-4-12(17)13(6-10)21(20)7-9-2-1-8(14(18)19)5-11(9)16/h1-6H,7,17H2,(H2,18,19). The Kier molecular flexibility index (Phi) is 4.74. The number of hydrogen-bond donors (Lipinski definition) is 2. The van der Waals surface area contributed by atoms with Gasteiger partial charge >= 0.3 is 0 Å². The van der Waals surface area contributed by atoms with Gasteiger partial charge < -0.3 is 11.5 Å². The molecule has 7 heteroatoms. The molecule has 0 aliphatic heterocycles. The van der Waals surface area contributed by atoms with Gasteiger partial charge in [-0.1, -0.05) is 22.0 Å². The molecule has 1 atom stereocenters. The molecule has 0 heterocycles. The summed E-state index contributed by atoms with van der Waals surface area (Å²) in [5.41, 5.74) is 11.5. The number of benzene rings is 2. The van der Waals surface area contributed by atoms with E-state index in [9.17, 15) is 13.4 Å². The maximum Gasteiger partial charge on any atom is 0.248 e. The van der Waals surface area contributed by atoms with Crippen LogP contribution in [-0.4, -0.2) is 10.1 Å². The van der Waals surface area contributed by atoms with Crippen molar-refractivity contribution in [3.8, 4) is 0 Å². The number of carbonyl (C=O) groups excluding carboxylic acids is 1. The van der Waals surface area contributed by atoms with Gasteiger partial charge in [-0.3, -0.25) is 9.00 Å². The number of amides is 1. The van der Waals surface area contributed by atoms with Crippen molar-refractivity contribution >= 4 is 38.3 Å². The van der Waals surface area contributed by atoms with E-state index >= 15 is 0 Å². The number of rotatable bonds is 4. The van der Waals surface area contributed by atoms with E-state index in [1.165, 1.54) is 12.1 Å². The fourth-order valence-corrected chi connectivity index (χ4v) is 3.52. The van der Waals surface area contributed by atoms with Crippen molar-refractivity contribution in [2.75, 3.05) is 5.73 Å². The van der Waals surface area contributed by atoms with E-state index in [1.807, 2.05) is 0 Å². The molecule has 0 saturated heterocycles. The summed E-state index contributed by atoms with van der Waals surface area (Å²) in [7, 11) is -1.50. The zero-order valence-electron chi connectivity index (χ0n) is 10.8. The van der Waals surface area contributed by atoms with Crippen LogP contribution in [0.2, 0.25) is 0 Å². The highest BCUT2D eigenvalue weighted by atomic mass is 79.9. The molecule has 4 nitrogen and oxygen atoms in total. The van der Waals surface area contributed by atoms with Gasteiger partial charge in [0, 0.05) is 21.3 Å². The normalized spacial score (nSPS) is 12.1. The molecule has 0 fully saturated rings. The first-order chi connectivity index (χ1) is 9.88. The second-order valence-corrected chi connectivity index (χ2v) is 6.68. The Morgan fingerprint density at radius 2 is 1.95 bits per heavy atom. The van der Waals surface area contributed by atoms with Gasteiger partial charge in [0.25, 0.3) is 0 Å². The zero-order valence-corrected chi connectivity index (χ0v) is 13.2. The summed E-state index contributed by atoms with van der Waals surface area (Å²) in [6, 6.07) is 8.85. The summed E-state index contributed by atoms with van der Waals surface area (Å²) in [5, 5.41) is 0. The Bertz CT molecular complexity index is 737. The first-order valence-corrected chi connectivity index (χ1v) is 8.01. The summed E-state index contributed by atoms with van der Waals surface area (Å²) in [4.78, 5) is 11.4. The van der Waals surface area contributed by atoms with Crippen molar-refractivity contribution in [3.05, 3.63) is 57.8 Å². The molecule has 0 saturated carbocycles. The quantitative estimate of drug-likeness (QED) is 0.810. The first kappa shape index (κ1) is 15.7. The van der Waals surface area contributed by atoms with Crippen molar-refractivity contribution in [2.24, 2.45) is 5.73 Å². The van der Waals surface area contributed by atoms with Crippen LogP contribution in [0.15, 0.2) is 45.8 Å². The molecule has 0 spiro atoms. The Morgan fingerprint density at radius 1 is 1.24 bits per heavy atom. The maximum atomic E-state index is 13.9. The van der Waals surface area contributed by atoms with E-state index in [4.69, 9.17) is 11.5 Å². The van der Waals surface area contributed by atoms with Gasteiger partial charge in [0.1, 0.15) is 5.82 Å². The van der Waals surface area contributed by atoms with Gasteiger partial charge in [-0.15, -0.1) is 0 Å². The average molecular weight is 371 g/mol. The molecule has 0 radical (unpaired) electrons. The van der Waals surface area contributed by atoms with Crippen LogP contribution in [0.25, 0.3) is 0 Å². The molecule has 4 N–H and O–H groups in total. The number of nitrogen functional groups attached to an aromatic ring is 1. The number of primary amides is 1. The topological polar surface area (TPSA) is 86.2 Å². The Labute approximate surface area is 131 Å². The summed E-state index contributed by atoms with van der Waals surface area (Å²) in [5.74, 6) is -1.36. The molecule has 0 bridgehead atoms. The highest BCUT2D eigenvalue weighted by Gasteiger charge is 2.13. The van der Waals surface area contributed by atoms with Crippen LogP contribution in [0.5, 0.6) is 0 Å². The molecular weight excluding hydrogens is 359 g/mol. The van der Waals surface area contributed by atoms with Crippen molar-refractivity contribution < 1.29 is 13.4 Å². The van der Waals surface area contributed by atoms with Crippen LogP contribution in [0.4, 0.5) is 10.1 Å². The van der Waals surface area contributed by atoms with Crippen LogP contribution in [0.1, 0.15) is 15.9 Å². The van der Waals surface area contributed by atoms with Crippen molar-refractivity contribution in [1.29, 1.82) is 0 Å². The number of anilines is 1. The summed E-state index contributed by atoms with van der Waals surface area (Å²) < 4.78 is 26.9. The number of nitrogens with two attached hydrogens (primary N) is 2. The van der Waals surface area contributed by atoms with Crippen LogP contribution in [0.3, 0.4) is 0 Å². The number of halogens is 2. The third-order valence-electron chi connectivity index (χ3n) is 2.85. The summed E-state index contributed by atoms with van der Waals surface area (Å²) in [6.45, 7) is 0. The van der Waals surface area contributed by atoms with Crippen molar-refractivity contribution in [3.63, 3.8) is 0 Å². The molecule has 1 unspecified atom stereocenters. The van der Waals surface area contributed by atoms with E-state index in [0.717, 1.165) is 10.5 Å². The highest BCUT2D eigenvalue weighted by Crippen LogP contribution is 2.24. The predicted molar refractivity (Wildman–Crippen MR) is 83.6 cm³/mol. The van der Waals surface area contributed by atoms with Gasteiger partial charge in [0.15, 0.2) is 0 Å². The molecule has 1 amide bonds. The van der Waals surface area contributed by atoms with Gasteiger partial charge in [0.05, 0.1) is 21.4 Å². The lowest BCUT2D eigenvalue weighted by Gasteiger charge is -2.08. The second kappa shape index (κ2) is 6.36. The van der Waals surface area contributed by atoms with Gasteiger partial charge in [-0.2, -0.15) is 0 Å². The van der Waals surface area contributed by atoms with E-state index < -0.39 is 22.5 Å². The van der Waals surface area contributed by atoms with E-state index in [2.05, 4.69) is 15.9 Å². The Morgan fingerprint density at radius 3 is 2.57 bits per heavy atom. The molecule has 2 aromatic rings. The molecule has 21 heavy (non-hydrogen) atoms. The fourth-order valence-electron chi connectivity index (χ4n) is 1.74. The molecule has 2 rings (SSSR count). The minimum atomic E-state index is -1.50. The number of hydrogen-bond acceptors (Lipinski definition) is 3. The van der Waals surface area contributed by atoms with Crippen LogP contribution in [0, 0.1) is 5.82 Å². The fraction of sp³-hybridized carbons (Fsp3) is 0.0714. The monoisotopic (exact) mass is 370 g/mol. The third-order valence-corrected chi connectivity index (χ3v) is 4.76. The molecule has 2 aromatic carbocycles. The van der Waals surface area contributed by atoms with Crippen LogP contribution in [-0.2, 0) is 16.6 Å². The van der Waals surface area contributed by atoms with Gasteiger partial charge in [0.2, 0.25) is 5.91 Å². The Balaban J connectivity index is 2.27. The van der Waals surface area contributed by atoms with E-state index in [1.54, 1.807) is 18.2 Å². The molecule has 0 aliphatic rings. The van der Waals surface area contributed by atoms with Crippen molar-refractivity contribution in [1.82, 2.24) is 0 Å². The maximum absolute atomic E-state index is 13.9.